The van der Waals surface area contributed by atoms with Crippen molar-refractivity contribution in [2.24, 2.45) is 46.3 Å². The normalized spacial score (nSPS) is 47.8. The van der Waals surface area contributed by atoms with Crippen molar-refractivity contribution in [2.45, 2.75) is 103 Å². The van der Waals surface area contributed by atoms with Gasteiger partial charge in [0.15, 0.2) is 0 Å². The van der Waals surface area contributed by atoms with Crippen molar-refractivity contribution in [1.29, 1.82) is 0 Å². The summed E-state index contributed by atoms with van der Waals surface area (Å²) in [6, 6.07) is 0. The summed E-state index contributed by atoms with van der Waals surface area (Å²) in [7, 11) is 0. The highest BCUT2D eigenvalue weighted by molar-refractivity contribution is 9.09. The Morgan fingerprint density at radius 1 is 1.14 bits per heavy atom. The van der Waals surface area contributed by atoms with Gasteiger partial charge in [-0.3, -0.25) is 4.79 Å². The molecule has 0 heterocycles. The van der Waals surface area contributed by atoms with E-state index in [2.05, 4.69) is 50.2 Å². The van der Waals surface area contributed by atoms with E-state index in [1.807, 2.05) is 0 Å². The summed E-state index contributed by atoms with van der Waals surface area (Å²) in [6.07, 6.45) is 13.8. The molecule has 9 atom stereocenters. The highest BCUT2D eigenvalue weighted by atomic mass is 79.9. The van der Waals surface area contributed by atoms with Crippen LogP contribution in [0, 0.1) is 46.3 Å². The summed E-state index contributed by atoms with van der Waals surface area (Å²) in [5, 5.41) is 0. The van der Waals surface area contributed by atoms with Crippen molar-refractivity contribution in [2.75, 3.05) is 0 Å². The van der Waals surface area contributed by atoms with Crippen LogP contribution in [0.1, 0.15) is 98.3 Å². The van der Waals surface area contributed by atoms with E-state index in [0.717, 1.165) is 48.9 Å². The second-order valence-electron chi connectivity index (χ2n) is 12.0. The Labute approximate surface area is 188 Å². The highest BCUT2D eigenvalue weighted by Crippen LogP contribution is 2.68. The van der Waals surface area contributed by atoms with Crippen molar-refractivity contribution in [3.63, 3.8) is 0 Å². The SMILES string of the molecule is C=C(C)CCC[C@@H](C)[C@H]1CC[C@H]2[C@@H]3C[C@@H](Br)C4CC(=O)CC[C@]4(C)[C@H]3CC[C@]12C. The van der Waals surface area contributed by atoms with Crippen molar-refractivity contribution < 1.29 is 4.79 Å². The Morgan fingerprint density at radius 3 is 2.59 bits per heavy atom. The molecule has 4 fully saturated rings. The second kappa shape index (κ2) is 8.10. The Hall–Kier alpha value is -0.110. The minimum absolute atomic E-state index is 0.386. The third-order valence-corrected chi connectivity index (χ3v) is 11.5. The van der Waals surface area contributed by atoms with E-state index in [1.165, 1.54) is 56.9 Å². The predicted octanol–water partition coefficient (Wildman–Crippen LogP) is 7.97. The first-order valence-electron chi connectivity index (χ1n) is 12.5. The van der Waals surface area contributed by atoms with E-state index in [0.29, 0.717) is 27.4 Å². The maximum Gasteiger partial charge on any atom is 0.133 e. The number of rotatable bonds is 5. The van der Waals surface area contributed by atoms with Crippen LogP contribution in [-0.2, 0) is 4.79 Å². The lowest BCUT2D eigenvalue weighted by molar-refractivity contribution is -0.138. The fourth-order valence-electron chi connectivity index (χ4n) is 8.94. The molecule has 4 saturated carbocycles. The third kappa shape index (κ3) is 3.72. The molecule has 0 aromatic rings. The molecule has 0 aromatic carbocycles. The van der Waals surface area contributed by atoms with Crippen LogP contribution in [0.4, 0.5) is 0 Å². The highest BCUT2D eigenvalue weighted by Gasteiger charge is 2.62. The molecule has 0 bridgehead atoms. The van der Waals surface area contributed by atoms with E-state index in [4.69, 9.17) is 0 Å². The van der Waals surface area contributed by atoms with Crippen LogP contribution in [0.25, 0.3) is 0 Å². The number of carbonyl (C=O) groups excluding carboxylic acids is 1. The van der Waals surface area contributed by atoms with Gasteiger partial charge >= 0.3 is 0 Å². The van der Waals surface area contributed by atoms with Gasteiger partial charge in [0.1, 0.15) is 5.78 Å². The summed E-state index contributed by atoms with van der Waals surface area (Å²) in [5.74, 6) is 5.48. The lowest BCUT2D eigenvalue weighted by Crippen LogP contribution is -2.56. The first kappa shape index (κ1) is 22.1. The van der Waals surface area contributed by atoms with Crippen LogP contribution in [0.15, 0.2) is 12.2 Å². The molecule has 0 aliphatic heterocycles. The quantitative estimate of drug-likeness (QED) is 0.298. The first-order valence-corrected chi connectivity index (χ1v) is 13.4. The van der Waals surface area contributed by atoms with Crippen LogP contribution < -0.4 is 0 Å². The number of allylic oxidation sites excluding steroid dienone is 1. The zero-order valence-corrected chi connectivity index (χ0v) is 20.9. The summed E-state index contributed by atoms with van der Waals surface area (Å²) >= 11 is 4.10. The zero-order chi connectivity index (χ0) is 21.0. The van der Waals surface area contributed by atoms with E-state index < -0.39 is 0 Å². The van der Waals surface area contributed by atoms with Crippen LogP contribution >= 0.6 is 15.9 Å². The van der Waals surface area contributed by atoms with Gasteiger partial charge in [0.25, 0.3) is 0 Å². The van der Waals surface area contributed by atoms with Crippen LogP contribution in [-0.4, -0.2) is 10.6 Å². The van der Waals surface area contributed by atoms with Crippen LogP contribution in [0.3, 0.4) is 0 Å². The first-order chi connectivity index (χ1) is 13.7. The van der Waals surface area contributed by atoms with Gasteiger partial charge in [-0.25, -0.2) is 0 Å². The molecule has 29 heavy (non-hydrogen) atoms. The molecule has 4 aliphatic rings. The number of carbonyl (C=O) groups is 1. The van der Waals surface area contributed by atoms with Crippen LogP contribution in [0.5, 0.6) is 0 Å². The number of alkyl halides is 1. The van der Waals surface area contributed by atoms with Gasteiger partial charge in [-0.15, -0.1) is 6.58 Å². The smallest absolute Gasteiger partial charge is 0.133 e. The molecule has 4 rings (SSSR count). The maximum absolute atomic E-state index is 12.2. The third-order valence-electron chi connectivity index (χ3n) is 10.5. The molecule has 0 aromatic heterocycles. The van der Waals surface area contributed by atoms with Crippen molar-refractivity contribution in [1.82, 2.24) is 0 Å². The average Bonchev–Trinajstić information content (AvgIpc) is 3.00. The Balaban J connectivity index is 1.51. The lowest BCUT2D eigenvalue weighted by atomic mass is 9.44. The minimum Gasteiger partial charge on any atom is -0.300 e. The molecule has 1 nitrogen and oxygen atoms in total. The molecule has 0 radical (unpaired) electrons. The van der Waals surface area contributed by atoms with E-state index in [9.17, 15) is 4.79 Å². The van der Waals surface area contributed by atoms with Gasteiger partial charge in [-0.2, -0.15) is 0 Å². The van der Waals surface area contributed by atoms with E-state index in [1.54, 1.807) is 0 Å². The number of halogens is 1. The number of Topliss-reactive ketones (excluding diaryl/α,β-unsaturated/α-hetero) is 1. The van der Waals surface area contributed by atoms with Gasteiger partial charge in [-0.1, -0.05) is 48.7 Å². The van der Waals surface area contributed by atoms with Gasteiger partial charge < -0.3 is 0 Å². The fraction of sp³-hybridized carbons (Fsp3) is 0.889. The molecule has 0 spiro atoms. The molecule has 164 valence electrons. The zero-order valence-electron chi connectivity index (χ0n) is 19.3. The molecule has 2 heteroatoms. The Kier molecular flexibility index (Phi) is 6.17. The predicted molar refractivity (Wildman–Crippen MR) is 126 cm³/mol. The standard InChI is InChI=1S/C27H43BrO/c1-17(2)7-6-8-18(3)21-9-10-22-20-16-25(28)24-15-19(29)11-13-27(24,5)23(20)12-14-26(21,22)4/h18,20-25H,1,6-16H2,2-5H3/t18-,20+,21-,22+,23+,24?,25-,26-,27-/m1/s1. The summed E-state index contributed by atoms with van der Waals surface area (Å²) in [5.41, 5.74) is 2.27. The lowest BCUT2D eigenvalue weighted by Gasteiger charge is -2.61. The maximum atomic E-state index is 12.2. The summed E-state index contributed by atoms with van der Waals surface area (Å²) in [4.78, 5) is 12.8. The Morgan fingerprint density at radius 2 is 1.86 bits per heavy atom. The van der Waals surface area contributed by atoms with E-state index in [-0.39, 0.29) is 0 Å². The Bertz CT molecular complexity index is 655. The monoisotopic (exact) mass is 462 g/mol. The van der Waals surface area contributed by atoms with Gasteiger partial charge in [0.05, 0.1) is 0 Å². The fourth-order valence-corrected chi connectivity index (χ4v) is 10.2. The van der Waals surface area contributed by atoms with Crippen molar-refractivity contribution in [3.8, 4) is 0 Å². The van der Waals surface area contributed by atoms with Gasteiger partial charge in [-0.05, 0) is 105 Å². The van der Waals surface area contributed by atoms with Gasteiger partial charge in [0, 0.05) is 17.7 Å². The molecule has 0 N–H and O–H groups in total. The average molecular weight is 464 g/mol. The molecular formula is C27H43BrO. The largest absolute Gasteiger partial charge is 0.300 e. The van der Waals surface area contributed by atoms with Crippen LogP contribution in [0.2, 0.25) is 0 Å². The molecular weight excluding hydrogens is 420 g/mol. The van der Waals surface area contributed by atoms with Gasteiger partial charge in [0.2, 0.25) is 0 Å². The number of fused-ring (bicyclic) bond motifs is 5. The summed E-state index contributed by atoms with van der Waals surface area (Å²) in [6.45, 7) is 14.0. The molecule has 1 unspecified atom stereocenters. The molecule has 0 amide bonds. The topological polar surface area (TPSA) is 17.1 Å². The minimum atomic E-state index is 0.386. The van der Waals surface area contributed by atoms with Crippen molar-refractivity contribution in [3.05, 3.63) is 12.2 Å². The van der Waals surface area contributed by atoms with Crippen molar-refractivity contribution >= 4 is 21.7 Å². The molecule has 4 aliphatic carbocycles. The molecule has 0 saturated heterocycles. The number of ketones is 1. The number of hydrogen-bond donors (Lipinski definition) is 0. The summed E-state index contributed by atoms with van der Waals surface area (Å²) < 4.78 is 0. The second-order valence-corrected chi connectivity index (χ2v) is 13.2. The number of hydrogen-bond acceptors (Lipinski definition) is 1. The van der Waals surface area contributed by atoms with E-state index >= 15 is 0 Å².